The van der Waals surface area contributed by atoms with Crippen LogP contribution in [0.2, 0.25) is 0 Å². The van der Waals surface area contributed by atoms with Crippen LogP contribution in [-0.2, 0) is 6.18 Å². The second kappa shape index (κ2) is 3.96. The number of rotatable bonds is 1. The van der Waals surface area contributed by atoms with E-state index in [0.717, 1.165) is 18.9 Å². The van der Waals surface area contributed by atoms with Gasteiger partial charge >= 0.3 is 6.18 Å². The van der Waals surface area contributed by atoms with Crippen LogP contribution in [0.4, 0.5) is 13.2 Å². The van der Waals surface area contributed by atoms with Gasteiger partial charge < -0.3 is 11.1 Å². The first-order valence-corrected chi connectivity index (χ1v) is 6.16. The number of benzene rings is 1. The molecule has 0 aliphatic carbocycles. The third kappa shape index (κ3) is 1.73. The Labute approximate surface area is 103 Å². The second-order valence-electron chi connectivity index (χ2n) is 5.15. The number of nitrogens with one attached hydrogen (secondary N) is 1. The van der Waals surface area contributed by atoms with Crippen LogP contribution >= 0.6 is 0 Å². The van der Waals surface area contributed by atoms with E-state index >= 15 is 0 Å². The van der Waals surface area contributed by atoms with Crippen LogP contribution in [0.25, 0.3) is 0 Å². The minimum atomic E-state index is -4.31. The van der Waals surface area contributed by atoms with Gasteiger partial charge in [-0.2, -0.15) is 13.2 Å². The molecule has 0 aromatic heterocycles. The fraction of sp³-hybridized carbons (Fsp3) is 0.538. The summed E-state index contributed by atoms with van der Waals surface area (Å²) in [5.41, 5.74) is 5.88. The molecule has 2 bridgehead atoms. The first-order chi connectivity index (χ1) is 8.48. The van der Waals surface area contributed by atoms with E-state index in [-0.39, 0.29) is 24.0 Å². The Morgan fingerprint density at radius 1 is 1.11 bits per heavy atom. The summed E-state index contributed by atoms with van der Waals surface area (Å²) in [6.45, 7) is 0. The van der Waals surface area contributed by atoms with E-state index in [9.17, 15) is 13.2 Å². The van der Waals surface area contributed by atoms with Crippen molar-refractivity contribution >= 4 is 0 Å². The molecule has 3 rings (SSSR count). The number of hydrogen-bond acceptors (Lipinski definition) is 2. The fourth-order valence-electron chi connectivity index (χ4n) is 3.38. The summed E-state index contributed by atoms with van der Waals surface area (Å²) in [5.74, 6) is -0.221. The van der Waals surface area contributed by atoms with Crippen molar-refractivity contribution in [3.63, 3.8) is 0 Å². The zero-order valence-corrected chi connectivity index (χ0v) is 9.74. The van der Waals surface area contributed by atoms with Crippen molar-refractivity contribution in [3.05, 3.63) is 35.4 Å². The SMILES string of the molecule is NC1C2CCC(N2)C1c1ccccc1C(F)(F)F. The van der Waals surface area contributed by atoms with Crippen LogP contribution in [0.15, 0.2) is 24.3 Å². The lowest BCUT2D eigenvalue weighted by Crippen LogP contribution is -2.39. The average molecular weight is 256 g/mol. The minimum Gasteiger partial charge on any atom is -0.326 e. The summed E-state index contributed by atoms with van der Waals surface area (Å²) < 4.78 is 39.0. The second-order valence-corrected chi connectivity index (χ2v) is 5.15. The van der Waals surface area contributed by atoms with E-state index in [1.807, 2.05) is 0 Å². The Kier molecular flexibility index (Phi) is 2.64. The van der Waals surface area contributed by atoms with Crippen LogP contribution in [-0.4, -0.2) is 18.1 Å². The van der Waals surface area contributed by atoms with Crippen molar-refractivity contribution in [3.8, 4) is 0 Å². The summed E-state index contributed by atoms with van der Waals surface area (Å²) in [7, 11) is 0. The van der Waals surface area contributed by atoms with Crippen LogP contribution in [0.1, 0.15) is 29.9 Å². The number of nitrogens with two attached hydrogens (primary N) is 1. The third-order valence-corrected chi connectivity index (χ3v) is 4.15. The van der Waals surface area contributed by atoms with Gasteiger partial charge in [0.25, 0.3) is 0 Å². The smallest absolute Gasteiger partial charge is 0.326 e. The molecule has 2 nitrogen and oxygen atoms in total. The van der Waals surface area contributed by atoms with E-state index in [0.29, 0.717) is 5.56 Å². The Hall–Kier alpha value is -1.07. The van der Waals surface area contributed by atoms with Crippen molar-refractivity contribution in [1.82, 2.24) is 5.32 Å². The van der Waals surface area contributed by atoms with Gasteiger partial charge in [0.2, 0.25) is 0 Å². The molecular weight excluding hydrogens is 241 g/mol. The van der Waals surface area contributed by atoms with Gasteiger partial charge in [0.1, 0.15) is 0 Å². The zero-order valence-electron chi connectivity index (χ0n) is 9.74. The summed E-state index contributed by atoms with van der Waals surface area (Å²) in [6, 6.07) is 5.84. The molecule has 0 saturated carbocycles. The highest BCUT2D eigenvalue weighted by molar-refractivity contribution is 5.37. The van der Waals surface area contributed by atoms with Gasteiger partial charge in [-0.1, -0.05) is 18.2 Å². The monoisotopic (exact) mass is 256 g/mol. The Balaban J connectivity index is 2.03. The van der Waals surface area contributed by atoms with E-state index in [1.165, 1.54) is 6.07 Å². The molecule has 98 valence electrons. The lowest BCUT2D eigenvalue weighted by atomic mass is 9.78. The van der Waals surface area contributed by atoms with Gasteiger partial charge in [0, 0.05) is 24.0 Å². The lowest BCUT2D eigenvalue weighted by molar-refractivity contribution is -0.138. The molecule has 3 N–H and O–H groups in total. The van der Waals surface area contributed by atoms with Gasteiger partial charge in [0.15, 0.2) is 0 Å². The summed E-state index contributed by atoms with van der Waals surface area (Å²) in [4.78, 5) is 0. The number of fused-ring (bicyclic) bond motifs is 2. The molecule has 18 heavy (non-hydrogen) atoms. The predicted molar refractivity (Wildman–Crippen MR) is 62.1 cm³/mol. The molecule has 0 amide bonds. The first-order valence-electron chi connectivity index (χ1n) is 6.16. The zero-order chi connectivity index (χ0) is 12.9. The van der Waals surface area contributed by atoms with Crippen molar-refractivity contribution < 1.29 is 13.2 Å². The molecule has 2 heterocycles. The van der Waals surface area contributed by atoms with Crippen LogP contribution < -0.4 is 11.1 Å². The Bertz CT molecular complexity index is 456. The summed E-state index contributed by atoms with van der Waals surface area (Å²) >= 11 is 0. The molecule has 2 aliphatic heterocycles. The molecular formula is C13H15F3N2. The lowest BCUT2D eigenvalue weighted by Gasteiger charge is -2.28. The van der Waals surface area contributed by atoms with E-state index in [2.05, 4.69) is 5.32 Å². The van der Waals surface area contributed by atoms with E-state index < -0.39 is 11.7 Å². The van der Waals surface area contributed by atoms with E-state index in [4.69, 9.17) is 5.73 Å². The largest absolute Gasteiger partial charge is 0.416 e. The van der Waals surface area contributed by atoms with Crippen LogP contribution in [0.5, 0.6) is 0 Å². The standard InChI is InChI=1S/C13H15F3N2/c14-13(15,16)8-4-2-1-3-7(8)11-9-5-6-10(18-9)12(11)17/h1-4,9-12,18H,5-6,17H2. The molecule has 1 aromatic carbocycles. The summed E-state index contributed by atoms with van der Waals surface area (Å²) in [5, 5.41) is 3.31. The highest BCUT2D eigenvalue weighted by Gasteiger charge is 2.48. The third-order valence-electron chi connectivity index (χ3n) is 4.15. The topological polar surface area (TPSA) is 38.0 Å². The highest BCUT2D eigenvalue weighted by atomic mass is 19.4. The molecule has 2 aliphatic rings. The molecule has 4 atom stereocenters. The number of halogens is 3. The maximum absolute atomic E-state index is 13.0. The molecule has 0 spiro atoms. The maximum Gasteiger partial charge on any atom is 0.416 e. The van der Waals surface area contributed by atoms with Gasteiger partial charge in [-0.05, 0) is 24.5 Å². The van der Waals surface area contributed by atoms with Crippen LogP contribution in [0, 0.1) is 0 Å². The van der Waals surface area contributed by atoms with Crippen LogP contribution in [0.3, 0.4) is 0 Å². The maximum atomic E-state index is 13.0. The number of hydrogen-bond donors (Lipinski definition) is 2. The van der Waals surface area contributed by atoms with Crippen molar-refractivity contribution in [2.45, 2.75) is 43.1 Å². The first kappa shape index (κ1) is 12.0. The minimum absolute atomic E-state index is 0.0912. The predicted octanol–water partition coefficient (Wildman–Crippen LogP) is 2.25. The Morgan fingerprint density at radius 3 is 2.39 bits per heavy atom. The molecule has 2 fully saturated rings. The normalized spacial score (nSPS) is 35.1. The molecule has 0 radical (unpaired) electrons. The highest BCUT2D eigenvalue weighted by Crippen LogP contribution is 2.43. The van der Waals surface area contributed by atoms with Gasteiger partial charge in [-0.15, -0.1) is 0 Å². The van der Waals surface area contributed by atoms with Crippen molar-refractivity contribution in [2.24, 2.45) is 5.73 Å². The molecule has 1 aromatic rings. The number of alkyl halides is 3. The Morgan fingerprint density at radius 2 is 1.78 bits per heavy atom. The quantitative estimate of drug-likeness (QED) is 0.808. The molecule has 2 saturated heterocycles. The molecule has 4 unspecified atom stereocenters. The van der Waals surface area contributed by atoms with Crippen molar-refractivity contribution in [2.75, 3.05) is 0 Å². The van der Waals surface area contributed by atoms with Crippen molar-refractivity contribution in [1.29, 1.82) is 0 Å². The van der Waals surface area contributed by atoms with E-state index in [1.54, 1.807) is 12.1 Å². The summed E-state index contributed by atoms with van der Waals surface area (Å²) in [6.07, 6.45) is -2.43. The molecule has 5 heteroatoms. The average Bonchev–Trinajstić information content (AvgIpc) is 2.88. The van der Waals surface area contributed by atoms with Gasteiger partial charge in [-0.3, -0.25) is 0 Å². The van der Waals surface area contributed by atoms with Gasteiger partial charge in [0.05, 0.1) is 5.56 Å². The van der Waals surface area contributed by atoms with Gasteiger partial charge in [-0.25, -0.2) is 0 Å². The fourth-order valence-corrected chi connectivity index (χ4v) is 3.38.